The quantitative estimate of drug-likeness (QED) is 0.854. The van der Waals surface area contributed by atoms with Crippen LogP contribution in [-0.2, 0) is 0 Å². The van der Waals surface area contributed by atoms with Crippen molar-refractivity contribution in [3.05, 3.63) is 42.4 Å². The molecule has 18 heavy (non-hydrogen) atoms. The van der Waals surface area contributed by atoms with Crippen LogP contribution in [0.2, 0.25) is 0 Å². The van der Waals surface area contributed by atoms with Gasteiger partial charge in [-0.1, -0.05) is 0 Å². The van der Waals surface area contributed by atoms with E-state index < -0.39 is 0 Å². The molecule has 0 aliphatic rings. The van der Waals surface area contributed by atoms with E-state index in [0.29, 0.717) is 17.1 Å². The first-order chi connectivity index (χ1) is 8.70. The molecule has 0 fully saturated rings. The molecule has 0 radical (unpaired) electrons. The molecule has 1 amide bonds. The summed E-state index contributed by atoms with van der Waals surface area (Å²) in [6, 6.07) is 4.38. The minimum absolute atomic E-state index is 0.0932. The summed E-state index contributed by atoms with van der Waals surface area (Å²) in [7, 11) is 1.44. The Morgan fingerprint density at radius 1 is 1.39 bits per heavy atom. The molecule has 92 valence electrons. The van der Waals surface area contributed by atoms with Crippen molar-refractivity contribution in [3.8, 4) is 11.5 Å². The molecule has 6 nitrogen and oxygen atoms in total. The van der Waals surface area contributed by atoms with Gasteiger partial charge in [0.05, 0.1) is 13.3 Å². The van der Waals surface area contributed by atoms with Gasteiger partial charge in [-0.05, 0) is 18.2 Å². The van der Waals surface area contributed by atoms with Gasteiger partial charge in [0.15, 0.2) is 17.3 Å². The number of phenolic OH excluding ortho intramolecular Hbond substituents is 1. The van der Waals surface area contributed by atoms with Gasteiger partial charge in [-0.3, -0.25) is 9.78 Å². The molecular weight excluding hydrogens is 234 g/mol. The Morgan fingerprint density at radius 2 is 2.22 bits per heavy atom. The third-order valence-corrected chi connectivity index (χ3v) is 2.25. The van der Waals surface area contributed by atoms with Crippen LogP contribution in [-0.4, -0.2) is 28.1 Å². The molecule has 2 rings (SSSR count). The van der Waals surface area contributed by atoms with Crippen LogP contribution in [0.3, 0.4) is 0 Å². The van der Waals surface area contributed by atoms with Gasteiger partial charge in [0.2, 0.25) is 0 Å². The lowest BCUT2D eigenvalue weighted by Crippen LogP contribution is -2.12. The van der Waals surface area contributed by atoms with E-state index in [1.165, 1.54) is 37.8 Å². The molecule has 2 N–H and O–H groups in total. The largest absolute Gasteiger partial charge is 0.504 e. The van der Waals surface area contributed by atoms with Gasteiger partial charge in [0.1, 0.15) is 0 Å². The SMILES string of the molecule is COc1ccc(C(=O)Nc2cnccn2)cc1O. The fraction of sp³-hybridized carbons (Fsp3) is 0.0833. The summed E-state index contributed by atoms with van der Waals surface area (Å²) >= 11 is 0. The van der Waals surface area contributed by atoms with Crippen LogP contribution in [0.1, 0.15) is 10.4 Å². The van der Waals surface area contributed by atoms with Crippen molar-refractivity contribution in [2.24, 2.45) is 0 Å². The van der Waals surface area contributed by atoms with E-state index in [9.17, 15) is 9.90 Å². The highest BCUT2D eigenvalue weighted by Gasteiger charge is 2.10. The second-order valence-electron chi connectivity index (χ2n) is 3.43. The maximum atomic E-state index is 11.8. The van der Waals surface area contributed by atoms with E-state index in [4.69, 9.17) is 4.74 Å². The number of hydrogen-bond acceptors (Lipinski definition) is 5. The Kier molecular flexibility index (Phi) is 3.38. The molecule has 0 aliphatic carbocycles. The lowest BCUT2D eigenvalue weighted by molar-refractivity contribution is 0.102. The van der Waals surface area contributed by atoms with Crippen molar-refractivity contribution in [1.82, 2.24) is 9.97 Å². The Labute approximate surface area is 103 Å². The van der Waals surface area contributed by atoms with Crippen LogP contribution in [0.25, 0.3) is 0 Å². The van der Waals surface area contributed by atoms with E-state index in [-0.39, 0.29) is 11.7 Å². The Morgan fingerprint density at radius 3 is 2.83 bits per heavy atom. The standard InChI is InChI=1S/C12H11N3O3/c1-18-10-3-2-8(6-9(10)16)12(17)15-11-7-13-4-5-14-11/h2-7,16H,1H3,(H,14,15,17). The molecular formula is C12H11N3O3. The summed E-state index contributed by atoms with van der Waals surface area (Å²) in [6.07, 6.45) is 4.41. The van der Waals surface area contributed by atoms with Gasteiger partial charge in [-0.25, -0.2) is 4.98 Å². The van der Waals surface area contributed by atoms with Crippen molar-refractivity contribution < 1.29 is 14.6 Å². The van der Waals surface area contributed by atoms with Crippen molar-refractivity contribution >= 4 is 11.7 Å². The van der Waals surface area contributed by atoms with E-state index in [2.05, 4.69) is 15.3 Å². The van der Waals surface area contributed by atoms with Crippen molar-refractivity contribution in [2.75, 3.05) is 12.4 Å². The molecule has 1 aromatic carbocycles. The second kappa shape index (κ2) is 5.13. The molecule has 1 heterocycles. The van der Waals surface area contributed by atoms with E-state index in [1.54, 1.807) is 6.07 Å². The van der Waals surface area contributed by atoms with Crippen LogP contribution in [0.5, 0.6) is 11.5 Å². The molecule has 0 aliphatic heterocycles. The average Bonchev–Trinajstić information content (AvgIpc) is 2.39. The number of aromatic hydroxyl groups is 1. The predicted molar refractivity (Wildman–Crippen MR) is 64.6 cm³/mol. The zero-order valence-electron chi connectivity index (χ0n) is 9.62. The number of carbonyl (C=O) groups is 1. The highest BCUT2D eigenvalue weighted by Crippen LogP contribution is 2.26. The molecule has 0 bridgehead atoms. The Bertz CT molecular complexity index is 558. The van der Waals surface area contributed by atoms with Gasteiger partial charge >= 0.3 is 0 Å². The van der Waals surface area contributed by atoms with E-state index >= 15 is 0 Å². The summed E-state index contributed by atoms with van der Waals surface area (Å²) in [4.78, 5) is 19.6. The Hall–Kier alpha value is -2.63. The summed E-state index contributed by atoms with van der Waals surface area (Å²) in [5, 5.41) is 12.1. The number of hydrogen-bond donors (Lipinski definition) is 2. The molecule has 6 heteroatoms. The summed E-state index contributed by atoms with van der Waals surface area (Å²) in [5.41, 5.74) is 0.305. The molecule has 0 saturated heterocycles. The van der Waals surface area contributed by atoms with Gasteiger partial charge in [-0.15, -0.1) is 0 Å². The van der Waals surface area contributed by atoms with E-state index in [0.717, 1.165) is 0 Å². The third kappa shape index (κ3) is 2.54. The molecule has 1 aromatic heterocycles. The third-order valence-electron chi connectivity index (χ3n) is 2.25. The molecule has 0 unspecified atom stereocenters. The number of anilines is 1. The first-order valence-corrected chi connectivity index (χ1v) is 5.15. The average molecular weight is 245 g/mol. The fourth-order valence-electron chi connectivity index (χ4n) is 1.38. The van der Waals surface area contributed by atoms with Crippen LogP contribution < -0.4 is 10.1 Å². The lowest BCUT2D eigenvalue weighted by atomic mass is 10.2. The second-order valence-corrected chi connectivity index (χ2v) is 3.43. The van der Waals surface area contributed by atoms with E-state index in [1.807, 2.05) is 0 Å². The highest BCUT2D eigenvalue weighted by molar-refractivity contribution is 6.04. The summed E-state index contributed by atoms with van der Waals surface area (Å²) < 4.78 is 4.89. The van der Waals surface area contributed by atoms with Gasteiger partial charge in [0.25, 0.3) is 5.91 Å². The number of aromatic nitrogens is 2. The van der Waals surface area contributed by atoms with Gasteiger partial charge in [0, 0.05) is 18.0 Å². The maximum absolute atomic E-state index is 11.8. The van der Waals surface area contributed by atoms with Gasteiger partial charge in [-0.2, -0.15) is 0 Å². The highest BCUT2D eigenvalue weighted by atomic mass is 16.5. The number of carbonyl (C=O) groups excluding carboxylic acids is 1. The number of amides is 1. The van der Waals surface area contributed by atoms with Crippen LogP contribution in [0.4, 0.5) is 5.82 Å². The van der Waals surface area contributed by atoms with Crippen molar-refractivity contribution in [1.29, 1.82) is 0 Å². The zero-order valence-corrected chi connectivity index (χ0v) is 9.62. The normalized spacial score (nSPS) is 9.83. The molecule has 0 saturated carbocycles. The van der Waals surface area contributed by atoms with Crippen molar-refractivity contribution in [3.63, 3.8) is 0 Å². The lowest BCUT2D eigenvalue weighted by Gasteiger charge is -2.06. The minimum Gasteiger partial charge on any atom is -0.504 e. The summed E-state index contributed by atoms with van der Waals surface area (Å²) in [6.45, 7) is 0. The predicted octanol–water partition coefficient (Wildman–Crippen LogP) is 1.44. The van der Waals surface area contributed by atoms with Gasteiger partial charge < -0.3 is 15.2 Å². The fourth-order valence-corrected chi connectivity index (χ4v) is 1.38. The number of phenols is 1. The van der Waals surface area contributed by atoms with Crippen LogP contribution in [0.15, 0.2) is 36.8 Å². The monoisotopic (exact) mass is 245 g/mol. The Balaban J connectivity index is 2.17. The number of ether oxygens (including phenoxy) is 1. The number of benzene rings is 1. The molecule has 0 atom stereocenters. The maximum Gasteiger partial charge on any atom is 0.256 e. The number of nitrogens with zero attached hydrogens (tertiary/aromatic N) is 2. The van der Waals surface area contributed by atoms with Crippen molar-refractivity contribution in [2.45, 2.75) is 0 Å². The summed E-state index contributed by atoms with van der Waals surface area (Å²) in [5.74, 6) is 0.182. The molecule has 0 spiro atoms. The molecule has 2 aromatic rings. The topological polar surface area (TPSA) is 84.3 Å². The number of nitrogens with one attached hydrogen (secondary N) is 1. The minimum atomic E-state index is -0.381. The smallest absolute Gasteiger partial charge is 0.256 e. The zero-order chi connectivity index (χ0) is 13.0. The van der Waals surface area contributed by atoms with Crippen LogP contribution >= 0.6 is 0 Å². The van der Waals surface area contributed by atoms with Crippen LogP contribution in [0, 0.1) is 0 Å². The first-order valence-electron chi connectivity index (χ1n) is 5.15. The first kappa shape index (κ1) is 11.8. The number of rotatable bonds is 3. The number of methoxy groups -OCH3 is 1.